The summed E-state index contributed by atoms with van der Waals surface area (Å²) in [4.78, 5) is 38.8. The van der Waals surface area contributed by atoms with Gasteiger partial charge < -0.3 is 15.0 Å². The Kier molecular flexibility index (Phi) is 7.22. The Morgan fingerprint density at radius 3 is 2.11 bits per heavy atom. The van der Waals surface area contributed by atoms with Crippen LogP contribution in [-0.2, 0) is 19.7 Å². The largest absolute Gasteiger partial charge is 0.451 e. The van der Waals surface area contributed by atoms with Crippen molar-refractivity contribution in [2.24, 2.45) is 0 Å². The highest BCUT2D eigenvalue weighted by Gasteiger charge is 2.27. The van der Waals surface area contributed by atoms with Gasteiger partial charge in [-0.1, -0.05) is 32.9 Å². The lowest BCUT2D eigenvalue weighted by molar-refractivity contribution is -0.160. The molecule has 0 aromatic heterocycles. The van der Waals surface area contributed by atoms with Crippen LogP contribution >= 0.6 is 0 Å². The molecule has 6 heteroatoms. The van der Waals surface area contributed by atoms with Gasteiger partial charge in [-0.15, -0.1) is 0 Å². The lowest BCUT2D eigenvalue weighted by Gasteiger charge is -2.29. The zero-order chi connectivity index (χ0) is 20.9. The molecule has 2 amide bonds. The fraction of sp³-hybridized carbons (Fsp3) is 0.591. The first kappa shape index (κ1) is 21.9. The second-order valence-corrected chi connectivity index (χ2v) is 8.49. The fourth-order valence-electron chi connectivity index (χ4n) is 3.16. The minimum absolute atomic E-state index is 0.00311. The number of nitrogens with one attached hydrogen (secondary N) is 1. The van der Waals surface area contributed by atoms with Crippen molar-refractivity contribution in [3.63, 3.8) is 0 Å². The molecule has 1 N–H and O–H groups in total. The predicted molar refractivity (Wildman–Crippen MR) is 108 cm³/mol. The Morgan fingerprint density at radius 1 is 1.00 bits per heavy atom. The summed E-state index contributed by atoms with van der Waals surface area (Å²) < 4.78 is 5.28. The number of hydrogen-bond acceptors (Lipinski definition) is 4. The molecule has 0 saturated carbocycles. The monoisotopic (exact) mass is 388 g/mol. The van der Waals surface area contributed by atoms with Gasteiger partial charge in [0, 0.05) is 18.7 Å². The Labute approximate surface area is 167 Å². The Balaban J connectivity index is 1.88. The summed E-state index contributed by atoms with van der Waals surface area (Å²) >= 11 is 0. The Bertz CT molecular complexity index is 700. The van der Waals surface area contributed by atoms with E-state index >= 15 is 0 Å². The quantitative estimate of drug-likeness (QED) is 0.787. The molecule has 0 radical (unpaired) electrons. The molecule has 28 heavy (non-hydrogen) atoms. The first-order chi connectivity index (χ1) is 13.1. The van der Waals surface area contributed by atoms with Gasteiger partial charge in [0.05, 0.1) is 0 Å². The molecular formula is C22H32N2O4. The first-order valence-electron chi connectivity index (χ1n) is 10.0. The summed E-state index contributed by atoms with van der Waals surface area (Å²) in [5.74, 6) is -1.14. The van der Waals surface area contributed by atoms with Crippen LogP contribution in [0.15, 0.2) is 24.3 Å². The lowest BCUT2D eigenvalue weighted by atomic mass is 9.86. The molecule has 1 heterocycles. The topological polar surface area (TPSA) is 75.7 Å². The molecule has 0 bridgehead atoms. The normalized spacial score (nSPS) is 16.8. The number of hydrogen-bond donors (Lipinski definition) is 1. The van der Waals surface area contributed by atoms with Gasteiger partial charge in [-0.05, 0) is 56.2 Å². The van der Waals surface area contributed by atoms with E-state index in [1.807, 2.05) is 12.1 Å². The van der Waals surface area contributed by atoms with E-state index in [-0.39, 0.29) is 17.2 Å². The predicted octanol–water partition coefficient (Wildman–Crippen LogP) is 3.05. The van der Waals surface area contributed by atoms with Crippen LogP contribution < -0.4 is 5.32 Å². The van der Waals surface area contributed by atoms with Crippen molar-refractivity contribution in [1.29, 1.82) is 0 Å². The molecule has 6 nitrogen and oxygen atoms in total. The summed E-state index contributed by atoms with van der Waals surface area (Å²) in [5, 5.41) is 2.64. The maximum atomic E-state index is 12.4. The molecule has 2 rings (SSSR count). The number of carbonyl (C=O) groups excluding carboxylic acids is 3. The third kappa shape index (κ3) is 5.81. The summed E-state index contributed by atoms with van der Waals surface area (Å²) in [6.07, 6.45) is 2.23. The fourth-order valence-corrected chi connectivity index (χ4v) is 3.16. The minimum Gasteiger partial charge on any atom is -0.451 e. The molecule has 154 valence electrons. The average Bonchev–Trinajstić information content (AvgIpc) is 2.67. The number of amides is 2. The molecule has 0 aliphatic carbocycles. The van der Waals surface area contributed by atoms with E-state index in [1.54, 1.807) is 30.9 Å². The smallest absolute Gasteiger partial charge is 0.329 e. The SMILES string of the molecule is CC(NC(=O)c1ccc(C(C)(C)C)cc1)C(=O)OC(C)C(=O)N1CCCCC1. The van der Waals surface area contributed by atoms with Crippen LogP contribution in [0.2, 0.25) is 0 Å². The number of benzene rings is 1. The zero-order valence-corrected chi connectivity index (χ0v) is 17.6. The molecular weight excluding hydrogens is 356 g/mol. The van der Waals surface area contributed by atoms with Crippen LogP contribution in [0.3, 0.4) is 0 Å². The number of carbonyl (C=O) groups is 3. The number of nitrogens with zero attached hydrogens (tertiary/aromatic N) is 1. The van der Waals surface area contributed by atoms with Crippen molar-refractivity contribution < 1.29 is 19.1 Å². The average molecular weight is 389 g/mol. The number of esters is 1. The van der Waals surface area contributed by atoms with Crippen LogP contribution in [-0.4, -0.2) is 47.9 Å². The van der Waals surface area contributed by atoms with Gasteiger partial charge in [-0.25, -0.2) is 4.79 Å². The molecule has 1 saturated heterocycles. The summed E-state index contributed by atoms with van der Waals surface area (Å²) in [5.41, 5.74) is 1.61. The third-order valence-corrected chi connectivity index (χ3v) is 5.02. The number of piperidine rings is 1. The van der Waals surface area contributed by atoms with Crippen LogP contribution in [0.4, 0.5) is 0 Å². The van der Waals surface area contributed by atoms with Crippen LogP contribution in [0.25, 0.3) is 0 Å². The van der Waals surface area contributed by atoms with E-state index < -0.39 is 18.1 Å². The van der Waals surface area contributed by atoms with Crippen LogP contribution in [0.1, 0.15) is 69.8 Å². The first-order valence-corrected chi connectivity index (χ1v) is 10.0. The van der Waals surface area contributed by atoms with Gasteiger partial charge in [-0.2, -0.15) is 0 Å². The van der Waals surface area contributed by atoms with Gasteiger partial charge >= 0.3 is 5.97 Å². The van der Waals surface area contributed by atoms with Crippen molar-refractivity contribution in [3.8, 4) is 0 Å². The van der Waals surface area contributed by atoms with Crippen molar-refractivity contribution >= 4 is 17.8 Å². The lowest BCUT2D eigenvalue weighted by Crippen LogP contribution is -2.46. The summed E-state index contributed by atoms with van der Waals surface area (Å²) in [6.45, 7) is 10.9. The van der Waals surface area contributed by atoms with Crippen LogP contribution in [0, 0.1) is 0 Å². The van der Waals surface area contributed by atoms with Gasteiger partial charge in [0.25, 0.3) is 11.8 Å². The Hall–Kier alpha value is -2.37. The molecule has 1 aliphatic rings. The molecule has 2 atom stereocenters. The van der Waals surface area contributed by atoms with Crippen molar-refractivity contribution in [3.05, 3.63) is 35.4 Å². The number of ether oxygens (including phenoxy) is 1. The summed E-state index contributed by atoms with van der Waals surface area (Å²) in [7, 11) is 0. The van der Waals surface area contributed by atoms with E-state index in [2.05, 4.69) is 26.1 Å². The number of likely N-dealkylation sites (tertiary alicyclic amines) is 1. The molecule has 1 aromatic rings. The van der Waals surface area contributed by atoms with Gasteiger partial charge in [0.1, 0.15) is 6.04 Å². The maximum absolute atomic E-state index is 12.4. The van der Waals surface area contributed by atoms with Crippen molar-refractivity contribution in [2.45, 2.75) is 71.4 Å². The third-order valence-electron chi connectivity index (χ3n) is 5.02. The summed E-state index contributed by atoms with van der Waals surface area (Å²) in [6, 6.07) is 6.48. The molecule has 2 unspecified atom stereocenters. The highest BCUT2D eigenvalue weighted by molar-refractivity contribution is 5.97. The maximum Gasteiger partial charge on any atom is 0.329 e. The molecule has 1 aliphatic heterocycles. The second kappa shape index (κ2) is 9.22. The Morgan fingerprint density at radius 2 is 1.57 bits per heavy atom. The van der Waals surface area contributed by atoms with E-state index in [4.69, 9.17) is 4.74 Å². The molecule has 0 spiro atoms. The molecule has 1 aromatic carbocycles. The van der Waals surface area contributed by atoms with Crippen molar-refractivity contribution in [1.82, 2.24) is 10.2 Å². The standard InChI is InChI=1S/C22H32N2O4/c1-15(21(27)28-16(2)20(26)24-13-7-6-8-14-24)23-19(25)17-9-11-18(12-10-17)22(3,4)5/h9-12,15-16H,6-8,13-14H2,1-5H3,(H,23,25). The molecule has 1 fully saturated rings. The minimum atomic E-state index is -0.851. The highest BCUT2D eigenvalue weighted by Crippen LogP contribution is 2.22. The van der Waals surface area contributed by atoms with Gasteiger partial charge in [0.15, 0.2) is 6.10 Å². The van der Waals surface area contributed by atoms with Crippen molar-refractivity contribution in [2.75, 3.05) is 13.1 Å². The van der Waals surface area contributed by atoms with Gasteiger partial charge in [-0.3, -0.25) is 9.59 Å². The second-order valence-electron chi connectivity index (χ2n) is 8.49. The van der Waals surface area contributed by atoms with Crippen LogP contribution in [0.5, 0.6) is 0 Å². The van der Waals surface area contributed by atoms with Gasteiger partial charge in [0.2, 0.25) is 0 Å². The van der Waals surface area contributed by atoms with E-state index in [0.717, 1.165) is 24.8 Å². The van der Waals surface area contributed by atoms with E-state index in [0.29, 0.717) is 18.7 Å². The zero-order valence-electron chi connectivity index (χ0n) is 17.6. The highest BCUT2D eigenvalue weighted by atomic mass is 16.5. The van der Waals surface area contributed by atoms with E-state index in [9.17, 15) is 14.4 Å². The number of rotatable bonds is 5. The van der Waals surface area contributed by atoms with E-state index in [1.165, 1.54) is 0 Å².